The van der Waals surface area contributed by atoms with Gasteiger partial charge in [-0.25, -0.2) is 0 Å². The summed E-state index contributed by atoms with van der Waals surface area (Å²) in [6.07, 6.45) is 8.10. The molecule has 24 heavy (non-hydrogen) atoms. The summed E-state index contributed by atoms with van der Waals surface area (Å²) < 4.78 is 7.28. The maximum atomic E-state index is 2.80. The number of allylic oxidation sites excluding steroid dienone is 4. The molecule has 0 atom stereocenters. The molecule has 0 heterocycles. The topological polar surface area (TPSA) is 6.48 Å². The second-order valence-electron chi connectivity index (χ2n) is 8.06. The molecule has 0 N–H and O–H groups in total. The summed E-state index contributed by atoms with van der Waals surface area (Å²) in [7, 11) is 0.380. The number of hydrogen-bond donors (Lipinski definition) is 0. The van der Waals surface area contributed by atoms with Crippen LogP contribution in [0.1, 0.15) is 61.8 Å². The van der Waals surface area contributed by atoms with E-state index in [1.807, 2.05) is 0 Å². The molecule has 4 heteroatoms. The third kappa shape index (κ3) is 8.20. The Morgan fingerprint density at radius 3 is 1.33 bits per heavy atom. The summed E-state index contributed by atoms with van der Waals surface area (Å²) >= 11 is -1.37. The SMILES string of the molecule is CC(C)[N](C(C)C)[V]([C]1=CC=CC1)[N](C(C)C)C(C)C.CP(C)C. The first-order valence-corrected chi connectivity index (χ1v) is 14.0. The molecule has 0 saturated carbocycles. The van der Waals surface area contributed by atoms with Crippen LogP contribution in [0.4, 0.5) is 0 Å². The first kappa shape index (κ1) is 24.4. The van der Waals surface area contributed by atoms with E-state index >= 15 is 0 Å². The average molecular weight is 392 g/mol. The fraction of sp³-hybridized carbons (Fsp3) is 0.800. The van der Waals surface area contributed by atoms with Crippen molar-refractivity contribution in [3.63, 3.8) is 0 Å². The van der Waals surface area contributed by atoms with Crippen molar-refractivity contribution in [2.45, 2.75) is 86.0 Å². The van der Waals surface area contributed by atoms with Crippen LogP contribution in [0.3, 0.4) is 0 Å². The van der Waals surface area contributed by atoms with E-state index < -0.39 is 15.6 Å². The summed E-state index contributed by atoms with van der Waals surface area (Å²) in [5.41, 5.74) is 0. The van der Waals surface area contributed by atoms with Crippen molar-refractivity contribution in [2.24, 2.45) is 0 Å². The molecule has 0 spiro atoms. The fourth-order valence-electron chi connectivity index (χ4n) is 3.07. The van der Waals surface area contributed by atoms with Crippen molar-refractivity contribution >= 4 is 7.92 Å². The first-order chi connectivity index (χ1) is 11.0. The number of rotatable bonds is 7. The van der Waals surface area contributed by atoms with Gasteiger partial charge in [0.2, 0.25) is 0 Å². The predicted octanol–water partition coefficient (Wildman–Crippen LogP) is 5.87. The summed E-state index contributed by atoms with van der Waals surface area (Å²) in [6.45, 7) is 25.5. The van der Waals surface area contributed by atoms with E-state index in [-0.39, 0.29) is 0 Å². The normalized spacial score (nSPS) is 14.9. The van der Waals surface area contributed by atoms with Crippen LogP contribution in [-0.2, 0) is 15.6 Å². The van der Waals surface area contributed by atoms with E-state index in [9.17, 15) is 0 Å². The van der Waals surface area contributed by atoms with Crippen molar-refractivity contribution < 1.29 is 15.6 Å². The first-order valence-electron chi connectivity index (χ1n) is 9.33. The third-order valence-electron chi connectivity index (χ3n) is 3.56. The van der Waals surface area contributed by atoms with Gasteiger partial charge in [0.1, 0.15) is 0 Å². The summed E-state index contributed by atoms with van der Waals surface area (Å²) in [5.74, 6) is 0. The molecule has 0 aromatic rings. The van der Waals surface area contributed by atoms with E-state index in [4.69, 9.17) is 0 Å². The van der Waals surface area contributed by atoms with E-state index in [1.165, 1.54) is 0 Å². The predicted molar refractivity (Wildman–Crippen MR) is 111 cm³/mol. The second kappa shape index (κ2) is 11.9. The van der Waals surface area contributed by atoms with Crippen molar-refractivity contribution in [1.82, 2.24) is 7.50 Å². The van der Waals surface area contributed by atoms with Gasteiger partial charge in [0, 0.05) is 0 Å². The van der Waals surface area contributed by atoms with Gasteiger partial charge in [0.05, 0.1) is 0 Å². The molecule has 0 saturated heterocycles. The Hall–Kier alpha value is 0.414. The smallest absolute Gasteiger partial charge is 0.0449 e. The van der Waals surface area contributed by atoms with Crippen LogP contribution in [0.25, 0.3) is 0 Å². The van der Waals surface area contributed by atoms with Crippen LogP contribution in [0.5, 0.6) is 0 Å². The Morgan fingerprint density at radius 2 is 1.12 bits per heavy atom. The summed E-state index contributed by atoms with van der Waals surface area (Å²) in [4.78, 5) is 0. The van der Waals surface area contributed by atoms with Crippen LogP contribution in [-0.4, -0.2) is 51.7 Å². The Kier molecular flexibility index (Phi) is 12.1. The molecule has 0 bridgehead atoms. The standard InChI is InChI=1S/2C6H14N.C5H5.C3H9P.V/c2*1-5(2)7-6(3)4;1-2-4-5-3-1;1-4(2)3;/h2*5-6H,1-4H3;1-3H,4H2;1-3H3;/q2*-1;;;+2. The molecule has 0 aliphatic heterocycles. The summed E-state index contributed by atoms with van der Waals surface area (Å²) in [6, 6.07) is 2.43. The minimum Gasteiger partial charge on any atom is -0.116 e. The molecular weight excluding hydrogens is 350 g/mol. The Morgan fingerprint density at radius 1 is 0.792 bits per heavy atom. The van der Waals surface area contributed by atoms with Gasteiger partial charge in [-0.3, -0.25) is 0 Å². The molecule has 1 rings (SSSR count). The average Bonchev–Trinajstić information content (AvgIpc) is 2.88. The van der Waals surface area contributed by atoms with Crippen molar-refractivity contribution in [3.05, 3.63) is 22.5 Å². The fourth-order valence-corrected chi connectivity index (χ4v) is 7.86. The van der Waals surface area contributed by atoms with Gasteiger partial charge < -0.3 is 0 Å². The zero-order chi connectivity index (χ0) is 19.0. The zero-order valence-electron chi connectivity index (χ0n) is 18.0. The molecule has 0 amide bonds. The molecule has 142 valence electrons. The minimum absolute atomic E-state index is 0.380. The van der Waals surface area contributed by atoms with E-state index in [0.717, 1.165) is 6.42 Å². The van der Waals surface area contributed by atoms with Crippen molar-refractivity contribution in [2.75, 3.05) is 20.0 Å². The van der Waals surface area contributed by atoms with Crippen LogP contribution in [0.2, 0.25) is 0 Å². The maximum Gasteiger partial charge on any atom is -0.0449 e. The van der Waals surface area contributed by atoms with E-state index in [1.54, 1.807) is 4.28 Å². The molecule has 1 aliphatic carbocycles. The zero-order valence-corrected chi connectivity index (χ0v) is 20.3. The van der Waals surface area contributed by atoms with Crippen LogP contribution < -0.4 is 0 Å². The monoisotopic (exact) mass is 392 g/mol. The molecular formula is C20H42N2PV. The van der Waals surface area contributed by atoms with Crippen LogP contribution in [0, 0.1) is 0 Å². The van der Waals surface area contributed by atoms with Gasteiger partial charge in [-0.1, -0.05) is 0 Å². The minimum atomic E-state index is -1.37. The molecule has 0 aromatic carbocycles. The Bertz CT molecular complexity index is 362. The Labute approximate surface area is 159 Å². The molecule has 0 aromatic heterocycles. The van der Waals surface area contributed by atoms with Gasteiger partial charge in [0.15, 0.2) is 0 Å². The third-order valence-corrected chi connectivity index (χ3v) is 9.13. The molecule has 2 nitrogen and oxygen atoms in total. The van der Waals surface area contributed by atoms with Gasteiger partial charge >= 0.3 is 132 Å². The van der Waals surface area contributed by atoms with Gasteiger partial charge in [-0.15, -0.1) is 7.92 Å². The molecule has 0 unspecified atom stereocenters. The summed E-state index contributed by atoms with van der Waals surface area (Å²) in [5, 5.41) is 0. The van der Waals surface area contributed by atoms with Crippen molar-refractivity contribution in [1.29, 1.82) is 0 Å². The quantitative estimate of drug-likeness (QED) is 0.500. The number of hydrogen-bond acceptors (Lipinski definition) is 2. The molecule has 0 fully saturated rings. The van der Waals surface area contributed by atoms with Gasteiger partial charge in [-0.2, -0.15) is 0 Å². The van der Waals surface area contributed by atoms with Crippen LogP contribution >= 0.6 is 7.92 Å². The van der Waals surface area contributed by atoms with Gasteiger partial charge in [-0.05, 0) is 20.0 Å². The van der Waals surface area contributed by atoms with Gasteiger partial charge in [0.25, 0.3) is 0 Å². The van der Waals surface area contributed by atoms with E-state index in [0.29, 0.717) is 32.1 Å². The van der Waals surface area contributed by atoms with Crippen LogP contribution in [0.15, 0.2) is 22.5 Å². The van der Waals surface area contributed by atoms with Crippen molar-refractivity contribution in [3.8, 4) is 0 Å². The van der Waals surface area contributed by atoms with E-state index in [2.05, 4.69) is 101 Å². The Balaban J connectivity index is 0.00000118. The number of nitrogens with zero attached hydrogens (tertiary/aromatic N) is 2. The maximum absolute atomic E-state index is 2.80. The second-order valence-corrected chi connectivity index (χ2v) is 14.0. The molecule has 0 radical (unpaired) electrons. The molecule has 1 aliphatic rings. The largest absolute Gasteiger partial charge is 0.116 e.